The number of carbonyl (C=O) groups is 1. The Labute approximate surface area is 109 Å². The Morgan fingerprint density at radius 1 is 1.44 bits per heavy atom. The molecule has 1 aliphatic rings. The van der Waals surface area contributed by atoms with Crippen molar-refractivity contribution >= 4 is 5.97 Å². The Morgan fingerprint density at radius 3 is 2.56 bits per heavy atom. The van der Waals surface area contributed by atoms with E-state index >= 15 is 0 Å². The topological polar surface area (TPSA) is 66.8 Å². The summed E-state index contributed by atoms with van der Waals surface area (Å²) in [6, 6.07) is 0. The smallest absolute Gasteiger partial charge is 0.340 e. The molecule has 0 spiro atoms. The van der Waals surface area contributed by atoms with Gasteiger partial charge in [-0.25, -0.2) is 4.79 Å². The van der Waals surface area contributed by atoms with Gasteiger partial charge in [0.15, 0.2) is 5.60 Å². The highest BCUT2D eigenvalue weighted by atomic mass is 16.6. The monoisotopic (exact) mass is 258 g/mol. The van der Waals surface area contributed by atoms with E-state index in [9.17, 15) is 9.90 Å². The molecule has 4 heteroatoms. The molecule has 0 amide bonds. The molecule has 4 nitrogen and oxygen atoms in total. The van der Waals surface area contributed by atoms with Crippen molar-refractivity contribution in [2.45, 2.75) is 58.7 Å². The van der Waals surface area contributed by atoms with E-state index in [-0.39, 0.29) is 6.10 Å². The van der Waals surface area contributed by atoms with E-state index in [4.69, 9.17) is 9.84 Å². The fourth-order valence-electron chi connectivity index (χ4n) is 2.58. The van der Waals surface area contributed by atoms with Crippen molar-refractivity contribution in [2.75, 3.05) is 6.61 Å². The van der Waals surface area contributed by atoms with E-state index in [0.717, 1.165) is 19.3 Å². The van der Waals surface area contributed by atoms with Crippen LogP contribution in [-0.2, 0) is 9.53 Å². The molecule has 1 rings (SSSR count). The Morgan fingerprint density at radius 2 is 2.06 bits per heavy atom. The summed E-state index contributed by atoms with van der Waals surface area (Å²) in [7, 11) is 0. The fraction of sp³-hybridized carbons (Fsp3) is 0.929. The van der Waals surface area contributed by atoms with Crippen LogP contribution >= 0.6 is 0 Å². The molecule has 1 fully saturated rings. The van der Waals surface area contributed by atoms with Crippen molar-refractivity contribution in [3.8, 4) is 0 Å². The minimum atomic E-state index is -1.79. The maximum Gasteiger partial charge on any atom is 0.340 e. The highest BCUT2D eigenvalue weighted by Gasteiger charge is 2.38. The van der Waals surface area contributed by atoms with Crippen molar-refractivity contribution in [1.29, 1.82) is 0 Å². The third-order valence-electron chi connectivity index (χ3n) is 3.97. The molecule has 0 aromatic carbocycles. The first-order valence-corrected chi connectivity index (χ1v) is 6.82. The highest BCUT2D eigenvalue weighted by Crippen LogP contribution is 2.35. The zero-order chi connectivity index (χ0) is 13.9. The summed E-state index contributed by atoms with van der Waals surface area (Å²) < 4.78 is 5.44. The van der Waals surface area contributed by atoms with Crippen molar-refractivity contribution in [3.63, 3.8) is 0 Å². The van der Waals surface area contributed by atoms with E-state index in [1.807, 2.05) is 0 Å². The molecule has 0 aromatic heterocycles. The van der Waals surface area contributed by atoms with Crippen LogP contribution in [0.5, 0.6) is 0 Å². The minimum Gasteiger partial charge on any atom is -0.460 e. The molecule has 1 saturated carbocycles. The van der Waals surface area contributed by atoms with E-state index < -0.39 is 18.2 Å². The van der Waals surface area contributed by atoms with Crippen LogP contribution in [0.2, 0.25) is 0 Å². The molecule has 18 heavy (non-hydrogen) atoms. The summed E-state index contributed by atoms with van der Waals surface area (Å²) in [5.74, 6) is 0.626. The lowest BCUT2D eigenvalue weighted by molar-refractivity contribution is -0.179. The molecular weight excluding hydrogens is 232 g/mol. The van der Waals surface area contributed by atoms with Crippen LogP contribution in [0.25, 0.3) is 0 Å². The first-order chi connectivity index (χ1) is 8.27. The van der Waals surface area contributed by atoms with Gasteiger partial charge in [-0.15, -0.1) is 0 Å². The van der Waals surface area contributed by atoms with Crippen LogP contribution in [-0.4, -0.2) is 34.5 Å². The SMILES string of the molecule is CC1CCC(C(C)C)C(OC(=O)C(C)(O)CO)C1. The van der Waals surface area contributed by atoms with Gasteiger partial charge >= 0.3 is 5.97 Å². The van der Waals surface area contributed by atoms with Crippen LogP contribution < -0.4 is 0 Å². The quantitative estimate of drug-likeness (QED) is 0.754. The fourth-order valence-corrected chi connectivity index (χ4v) is 2.58. The summed E-state index contributed by atoms with van der Waals surface area (Å²) in [6.45, 7) is 7.09. The highest BCUT2D eigenvalue weighted by molar-refractivity contribution is 5.79. The summed E-state index contributed by atoms with van der Waals surface area (Å²) >= 11 is 0. The van der Waals surface area contributed by atoms with Crippen LogP contribution in [0.1, 0.15) is 47.0 Å². The zero-order valence-electron chi connectivity index (χ0n) is 11.8. The van der Waals surface area contributed by atoms with E-state index in [1.54, 1.807) is 0 Å². The number of hydrogen-bond donors (Lipinski definition) is 2. The van der Waals surface area contributed by atoms with Crippen LogP contribution in [0.4, 0.5) is 0 Å². The van der Waals surface area contributed by atoms with Crippen molar-refractivity contribution in [3.05, 3.63) is 0 Å². The molecule has 0 bridgehead atoms. The standard InChI is InChI=1S/C14H26O4/c1-9(2)11-6-5-10(3)7-12(11)18-13(16)14(4,17)8-15/h9-12,15,17H,5-8H2,1-4H3. The summed E-state index contributed by atoms with van der Waals surface area (Å²) in [5, 5.41) is 18.7. The molecule has 0 radical (unpaired) electrons. The number of aliphatic hydroxyl groups is 2. The number of aliphatic hydroxyl groups excluding tert-OH is 1. The van der Waals surface area contributed by atoms with Gasteiger partial charge in [0.1, 0.15) is 6.10 Å². The average Bonchev–Trinajstić information content (AvgIpc) is 2.28. The predicted molar refractivity (Wildman–Crippen MR) is 68.9 cm³/mol. The lowest BCUT2D eigenvalue weighted by atomic mass is 9.75. The van der Waals surface area contributed by atoms with E-state index in [0.29, 0.717) is 17.8 Å². The summed E-state index contributed by atoms with van der Waals surface area (Å²) in [4.78, 5) is 11.8. The third-order valence-corrected chi connectivity index (χ3v) is 3.97. The van der Waals surface area contributed by atoms with Crippen molar-refractivity contribution in [2.24, 2.45) is 17.8 Å². The molecule has 2 N–H and O–H groups in total. The van der Waals surface area contributed by atoms with Crippen LogP contribution in [0, 0.1) is 17.8 Å². The number of rotatable bonds is 4. The van der Waals surface area contributed by atoms with Gasteiger partial charge in [-0.2, -0.15) is 0 Å². The van der Waals surface area contributed by atoms with E-state index in [1.165, 1.54) is 6.92 Å². The van der Waals surface area contributed by atoms with Gasteiger partial charge in [-0.1, -0.05) is 27.2 Å². The minimum absolute atomic E-state index is 0.140. The molecule has 0 aliphatic heterocycles. The lowest BCUT2D eigenvalue weighted by Crippen LogP contribution is -2.45. The number of hydrogen-bond acceptors (Lipinski definition) is 4. The maximum atomic E-state index is 11.8. The zero-order valence-corrected chi connectivity index (χ0v) is 11.8. The first kappa shape index (κ1) is 15.4. The summed E-state index contributed by atoms with van der Waals surface area (Å²) in [5.41, 5.74) is -1.79. The number of esters is 1. The first-order valence-electron chi connectivity index (χ1n) is 6.82. The third kappa shape index (κ3) is 3.69. The van der Waals surface area contributed by atoms with Gasteiger partial charge in [0.25, 0.3) is 0 Å². The van der Waals surface area contributed by atoms with Gasteiger partial charge in [0.05, 0.1) is 6.61 Å². The van der Waals surface area contributed by atoms with Gasteiger partial charge < -0.3 is 14.9 Å². The molecule has 0 saturated heterocycles. The lowest BCUT2D eigenvalue weighted by Gasteiger charge is -2.37. The largest absolute Gasteiger partial charge is 0.460 e. The second-order valence-electron chi connectivity index (χ2n) is 6.20. The normalized spacial score (nSPS) is 32.1. The van der Waals surface area contributed by atoms with Gasteiger partial charge in [0, 0.05) is 0 Å². The van der Waals surface area contributed by atoms with Gasteiger partial charge in [0.2, 0.25) is 0 Å². The van der Waals surface area contributed by atoms with Gasteiger partial charge in [-0.3, -0.25) is 0 Å². The van der Waals surface area contributed by atoms with E-state index in [2.05, 4.69) is 20.8 Å². The molecule has 106 valence electrons. The molecule has 4 unspecified atom stereocenters. The molecule has 0 aromatic rings. The number of ether oxygens (including phenoxy) is 1. The molecule has 4 atom stereocenters. The second kappa shape index (κ2) is 6.02. The number of carbonyl (C=O) groups excluding carboxylic acids is 1. The Balaban J connectivity index is 2.69. The van der Waals surface area contributed by atoms with Crippen LogP contribution in [0.3, 0.4) is 0 Å². The van der Waals surface area contributed by atoms with Crippen LogP contribution in [0.15, 0.2) is 0 Å². The Hall–Kier alpha value is -0.610. The molecule has 0 heterocycles. The summed E-state index contributed by atoms with van der Waals surface area (Å²) in [6.07, 6.45) is 2.92. The van der Waals surface area contributed by atoms with Crippen molar-refractivity contribution in [1.82, 2.24) is 0 Å². The maximum absolute atomic E-state index is 11.8. The molecule has 1 aliphatic carbocycles. The predicted octanol–water partition coefficient (Wildman–Crippen LogP) is 1.73. The molecular formula is C14H26O4. The Kier molecular flexibility index (Phi) is 5.17. The second-order valence-corrected chi connectivity index (χ2v) is 6.20. The average molecular weight is 258 g/mol. The van der Waals surface area contributed by atoms with Gasteiger partial charge in [-0.05, 0) is 37.5 Å². The van der Waals surface area contributed by atoms with Crippen molar-refractivity contribution < 1.29 is 19.7 Å². The Bertz CT molecular complexity index is 286.